The Hall–Kier alpha value is -3.37. The number of rotatable bonds is 3. The van der Waals surface area contributed by atoms with Crippen LogP contribution in [-0.2, 0) is 6.18 Å². The fraction of sp³-hybridized carbons (Fsp3) is 0.0714. The van der Waals surface area contributed by atoms with Crippen molar-refractivity contribution in [2.45, 2.75) is 6.18 Å². The Morgan fingerprint density at radius 2 is 1.80 bits per heavy atom. The highest BCUT2D eigenvalue weighted by Crippen LogP contribution is 2.29. The molecule has 0 aliphatic rings. The molecule has 0 radical (unpaired) electrons. The van der Waals surface area contributed by atoms with Crippen molar-refractivity contribution in [3.05, 3.63) is 48.2 Å². The van der Waals surface area contributed by atoms with E-state index in [2.05, 4.69) is 30.2 Å². The predicted molar refractivity (Wildman–Crippen MR) is 80.0 cm³/mol. The van der Waals surface area contributed by atoms with Gasteiger partial charge in [0.2, 0.25) is 17.8 Å². The van der Waals surface area contributed by atoms with E-state index in [1.165, 1.54) is 24.4 Å². The van der Waals surface area contributed by atoms with Crippen LogP contribution < -0.4 is 11.1 Å². The molecule has 128 valence electrons. The molecule has 7 nitrogen and oxygen atoms in total. The number of aromatic nitrogens is 5. The number of nitrogens with one attached hydrogen (secondary N) is 1. The summed E-state index contributed by atoms with van der Waals surface area (Å²) in [5.74, 6) is -1.20. The van der Waals surface area contributed by atoms with E-state index in [4.69, 9.17) is 5.73 Å². The average Bonchev–Trinajstić information content (AvgIpc) is 2.54. The number of nitrogens with two attached hydrogens (primary N) is 1. The molecular weight excluding hydrogens is 342 g/mol. The number of hydrogen-bond acceptors (Lipinski definition) is 7. The minimum atomic E-state index is -4.61. The summed E-state index contributed by atoms with van der Waals surface area (Å²) in [6.45, 7) is 0. The van der Waals surface area contributed by atoms with Gasteiger partial charge in [0.15, 0.2) is 5.82 Å². The van der Waals surface area contributed by atoms with E-state index in [9.17, 15) is 17.6 Å². The summed E-state index contributed by atoms with van der Waals surface area (Å²) < 4.78 is 51.4. The van der Waals surface area contributed by atoms with Gasteiger partial charge in [-0.15, -0.1) is 0 Å². The van der Waals surface area contributed by atoms with Crippen LogP contribution in [0, 0.1) is 5.95 Å². The topological polar surface area (TPSA) is 102 Å². The smallest absolute Gasteiger partial charge is 0.368 e. The van der Waals surface area contributed by atoms with Crippen LogP contribution in [-0.4, -0.2) is 24.9 Å². The second kappa shape index (κ2) is 6.26. The summed E-state index contributed by atoms with van der Waals surface area (Å²) in [5, 5.41) is 2.67. The van der Waals surface area contributed by atoms with Gasteiger partial charge in [-0.25, -0.2) is 9.97 Å². The fourth-order valence-electron chi connectivity index (χ4n) is 1.89. The normalized spacial score (nSPS) is 11.4. The van der Waals surface area contributed by atoms with Crippen molar-refractivity contribution in [1.29, 1.82) is 0 Å². The summed E-state index contributed by atoms with van der Waals surface area (Å²) >= 11 is 0. The van der Waals surface area contributed by atoms with E-state index in [1.54, 1.807) is 0 Å². The maximum atomic E-state index is 13.1. The van der Waals surface area contributed by atoms with E-state index in [0.717, 1.165) is 12.1 Å². The first-order valence-electron chi connectivity index (χ1n) is 6.76. The highest BCUT2D eigenvalue weighted by molar-refractivity contribution is 5.58. The largest absolute Gasteiger partial charge is 0.433 e. The van der Waals surface area contributed by atoms with Crippen molar-refractivity contribution >= 4 is 17.6 Å². The van der Waals surface area contributed by atoms with E-state index in [0.29, 0.717) is 0 Å². The third-order valence-corrected chi connectivity index (χ3v) is 2.90. The van der Waals surface area contributed by atoms with Gasteiger partial charge >= 0.3 is 6.18 Å². The standard InChI is InChI=1S/C14H9F4N7/c15-10-6-7(4-5-20-10)21-13-24-11(23-12(19)25-13)8-2-1-3-9(22-8)14(16,17)18/h1-6H,(H3,19,20,21,23,24,25). The molecule has 3 aromatic rings. The minimum Gasteiger partial charge on any atom is -0.368 e. The molecule has 0 saturated carbocycles. The Balaban J connectivity index is 1.97. The lowest BCUT2D eigenvalue weighted by atomic mass is 10.3. The van der Waals surface area contributed by atoms with Crippen LogP contribution in [0.5, 0.6) is 0 Å². The lowest BCUT2D eigenvalue weighted by Gasteiger charge is -2.09. The zero-order chi connectivity index (χ0) is 18.0. The molecule has 25 heavy (non-hydrogen) atoms. The van der Waals surface area contributed by atoms with Crippen LogP contribution in [0.1, 0.15) is 5.69 Å². The van der Waals surface area contributed by atoms with Crippen LogP contribution in [0.4, 0.5) is 35.1 Å². The first-order chi connectivity index (χ1) is 11.8. The van der Waals surface area contributed by atoms with Gasteiger partial charge in [0.05, 0.1) is 0 Å². The Labute approximate surface area is 138 Å². The number of nitrogens with zero attached hydrogens (tertiary/aromatic N) is 5. The van der Waals surface area contributed by atoms with Gasteiger partial charge in [-0.05, 0) is 18.2 Å². The summed E-state index contributed by atoms with van der Waals surface area (Å²) in [7, 11) is 0. The van der Waals surface area contributed by atoms with Gasteiger partial charge in [-0.2, -0.15) is 32.5 Å². The molecule has 0 aliphatic carbocycles. The SMILES string of the molecule is Nc1nc(Nc2ccnc(F)c2)nc(-c2cccc(C(F)(F)F)n2)n1. The third-order valence-electron chi connectivity index (χ3n) is 2.90. The Morgan fingerprint density at radius 1 is 1.00 bits per heavy atom. The Morgan fingerprint density at radius 3 is 2.52 bits per heavy atom. The summed E-state index contributed by atoms with van der Waals surface area (Å²) in [4.78, 5) is 18.4. The van der Waals surface area contributed by atoms with Crippen LogP contribution in [0.2, 0.25) is 0 Å². The lowest BCUT2D eigenvalue weighted by molar-refractivity contribution is -0.141. The molecule has 0 atom stereocenters. The minimum absolute atomic E-state index is 0.0766. The van der Waals surface area contributed by atoms with Gasteiger partial charge in [0.1, 0.15) is 11.4 Å². The molecule has 3 heterocycles. The maximum absolute atomic E-state index is 13.1. The van der Waals surface area contributed by atoms with Gasteiger partial charge in [-0.1, -0.05) is 6.07 Å². The zero-order valence-electron chi connectivity index (χ0n) is 12.3. The number of anilines is 3. The molecule has 0 saturated heterocycles. The Bertz CT molecular complexity index is 914. The molecule has 0 fully saturated rings. The van der Waals surface area contributed by atoms with Crippen molar-refractivity contribution in [1.82, 2.24) is 24.9 Å². The molecule has 0 unspecified atom stereocenters. The Kier molecular flexibility index (Phi) is 4.13. The van der Waals surface area contributed by atoms with E-state index < -0.39 is 17.8 Å². The second-order valence-corrected chi connectivity index (χ2v) is 4.74. The zero-order valence-corrected chi connectivity index (χ0v) is 12.3. The molecule has 0 aliphatic heterocycles. The van der Waals surface area contributed by atoms with E-state index >= 15 is 0 Å². The molecule has 3 rings (SSSR count). The molecule has 0 amide bonds. The number of nitrogen functional groups attached to an aromatic ring is 1. The first-order valence-corrected chi connectivity index (χ1v) is 6.76. The van der Waals surface area contributed by atoms with E-state index in [1.807, 2.05) is 0 Å². The van der Waals surface area contributed by atoms with Crippen molar-refractivity contribution in [3.8, 4) is 11.5 Å². The van der Waals surface area contributed by atoms with Gasteiger partial charge in [0.25, 0.3) is 0 Å². The maximum Gasteiger partial charge on any atom is 0.433 e. The van der Waals surface area contributed by atoms with Gasteiger partial charge in [-0.3, -0.25) is 0 Å². The first kappa shape index (κ1) is 16.5. The van der Waals surface area contributed by atoms with Gasteiger partial charge < -0.3 is 11.1 Å². The molecule has 3 aromatic heterocycles. The second-order valence-electron chi connectivity index (χ2n) is 4.74. The lowest BCUT2D eigenvalue weighted by Crippen LogP contribution is -2.10. The van der Waals surface area contributed by atoms with Crippen LogP contribution in [0.25, 0.3) is 11.5 Å². The van der Waals surface area contributed by atoms with Crippen LogP contribution in [0.3, 0.4) is 0 Å². The summed E-state index contributed by atoms with van der Waals surface area (Å²) in [6.07, 6.45) is -3.39. The molecule has 0 aromatic carbocycles. The van der Waals surface area contributed by atoms with Gasteiger partial charge in [0, 0.05) is 18.0 Å². The average molecular weight is 351 g/mol. The highest BCUT2D eigenvalue weighted by atomic mass is 19.4. The molecule has 3 N–H and O–H groups in total. The quantitative estimate of drug-likeness (QED) is 0.552. The van der Waals surface area contributed by atoms with Crippen molar-refractivity contribution in [3.63, 3.8) is 0 Å². The fourth-order valence-corrected chi connectivity index (χ4v) is 1.89. The van der Waals surface area contributed by atoms with Crippen molar-refractivity contribution in [2.75, 3.05) is 11.1 Å². The molecular formula is C14H9F4N7. The molecule has 11 heteroatoms. The highest BCUT2D eigenvalue weighted by Gasteiger charge is 2.32. The number of alkyl halides is 3. The predicted octanol–water partition coefficient (Wildman–Crippen LogP) is 2.81. The number of pyridine rings is 2. The third kappa shape index (κ3) is 3.94. The van der Waals surface area contributed by atoms with E-state index in [-0.39, 0.29) is 29.1 Å². The van der Waals surface area contributed by atoms with Crippen molar-refractivity contribution < 1.29 is 17.6 Å². The number of hydrogen-bond donors (Lipinski definition) is 2. The molecule has 0 bridgehead atoms. The van der Waals surface area contributed by atoms with Crippen LogP contribution in [0.15, 0.2) is 36.5 Å². The molecule has 0 spiro atoms. The monoisotopic (exact) mass is 351 g/mol. The summed E-state index contributed by atoms with van der Waals surface area (Å²) in [6, 6.07) is 5.84. The van der Waals surface area contributed by atoms with Crippen molar-refractivity contribution in [2.24, 2.45) is 0 Å². The summed E-state index contributed by atoms with van der Waals surface area (Å²) in [5.41, 5.74) is 4.62. The number of halogens is 4. The van der Waals surface area contributed by atoms with Crippen LogP contribution >= 0.6 is 0 Å².